The zero-order chi connectivity index (χ0) is 15.2. The Bertz CT molecular complexity index is 717. The fraction of sp³-hybridized carbons (Fsp3) is 0.0625. The first-order valence-corrected chi connectivity index (χ1v) is 6.97. The molecular weight excluding hydrogens is 287 g/mol. The number of benzene rings is 2. The molecule has 0 unspecified atom stereocenters. The molecule has 0 aliphatic rings. The van der Waals surface area contributed by atoms with E-state index in [9.17, 15) is 9.18 Å². The second-order valence-corrected chi connectivity index (χ2v) is 5.19. The van der Waals surface area contributed by atoms with Crippen molar-refractivity contribution >= 4 is 17.9 Å². The SMILES string of the molecule is CNSc1ccc(C(N)=O)cc1C#Cc1ccc(F)cc1. The highest BCUT2D eigenvalue weighted by Crippen LogP contribution is 2.20. The number of hydrogen-bond donors (Lipinski definition) is 2. The highest BCUT2D eigenvalue weighted by atomic mass is 32.2. The highest BCUT2D eigenvalue weighted by molar-refractivity contribution is 7.97. The van der Waals surface area contributed by atoms with Gasteiger partial charge >= 0.3 is 0 Å². The molecule has 0 saturated heterocycles. The molecule has 0 radical (unpaired) electrons. The molecule has 21 heavy (non-hydrogen) atoms. The van der Waals surface area contributed by atoms with Gasteiger partial charge in [-0.2, -0.15) is 0 Å². The van der Waals surface area contributed by atoms with E-state index in [-0.39, 0.29) is 5.82 Å². The third-order valence-electron chi connectivity index (χ3n) is 2.66. The quantitative estimate of drug-likeness (QED) is 0.676. The van der Waals surface area contributed by atoms with E-state index in [1.165, 1.54) is 24.1 Å². The molecule has 5 heteroatoms. The van der Waals surface area contributed by atoms with Crippen molar-refractivity contribution in [2.75, 3.05) is 7.05 Å². The van der Waals surface area contributed by atoms with E-state index in [1.807, 2.05) is 0 Å². The van der Waals surface area contributed by atoms with E-state index < -0.39 is 5.91 Å². The molecule has 0 aliphatic carbocycles. The average molecular weight is 300 g/mol. The highest BCUT2D eigenvalue weighted by Gasteiger charge is 2.06. The summed E-state index contributed by atoms with van der Waals surface area (Å²) >= 11 is 1.40. The van der Waals surface area contributed by atoms with Gasteiger partial charge < -0.3 is 5.73 Å². The van der Waals surface area contributed by atoms with Gasteiger partial charge in [0.15, 0.2) is 0 Å². The Morgan fingerprint density at radius 2 is 1.90 bits per heavy atom. The van der Waals surface area contributed by atoms with E-state index in [0.29, 0.717) is 16.7 Å². The maximum Gasteiger partial charge on any atom is 0.248 e. The number of carbonyl (C=O) groups is 1. The van der Waals surface area contributed by atoms with Crippen LogP contribution in [0.25, 0.3) is 0 Å². The summed E-state index contributed by atoms with van der Waals surface area (Å²) in [6.07, 6.45) is 0. The Morgan fingerprint density at radius 3 is 2.52 bits per heavy atom. The first-order valence-electron chi connectivity index (χ1n) is 6.15. The van der Waals surface area contributed by atoms with Crippen molar-refractivity contribution in [1.29, 1.82) is 0 Å². The third kappa shape index (κ3) is 4.09. The molecule has 0 aromatic heterocycles. The number of amides is 1. The summed E-state index contributed by atoms with van der Waals surface area (Å²) in [6.45, 7) is 0. The first-order chi connectivity index (χ1) is 10.1. The van der Waals surface area contributed by atoms with Crippen LogP contribution in [0.2, 0.25) is 0 Å². The maximum absolute atomic E-state index is 12.8. The molecule has 2 aromatic carbocycles. The molecule has 3 nitrogen and oxygen atoms in total. The molecule has 2 rings (SSSR count). The Balaban J connectivity index is 2.39. The predicted octanol–water partition coefficient (Wildman–Crippen LogP) is 2.55. The van der Waals surface area contributed by atoms with Crippen molar-refractivity contribution < 1.29 is 9.18 Å². The van der Waals surface area contributed by atoms with Gasteiger partial charge in [-0.15, -0.1) is 0 Å². The molecule has 0 saturated carbocycles. The summed E-state index contributed by atoms with van der Waals surface area (Å²) in [5.74, 6) is 5.13. The van der Waals surface area contributed by atoms with Crippen LogP contribution < -0.4 is 10.5 Å². The largest absolute Gasteiger partial charge is 0.366 e. The second-order valence-electron chi connectivity index (χ2n) is 4.14. The van der Waals surface area contributed by atoms with Crippen LogP contribution in [-0.4, -0.2) is 13.0 Å². The fourth-order valence-corrected chi connectivity index (χ4v) is 2.23. The molecule has 0 spiro atoms. The van der Waals surface area contributed by atoms with Crippen LogP contribution in [0.4, 0.5) is 4.39 Å². The van der Waals surface area contributed by atoms with Crippen molar-refractivity contribution in [1.82, 2.24) is 4.72 Å². The molecule has 106 valence electrons. The van der Waals surface area contributed by atoms with Crippen LogP contribution >= 0.6 is 11.9 Å². The summed E-state index contributed by atoms with van der Waals surface area (Å²) in [5, 5.41) is 0. The lowest BCUT2D eigenvalue weighted by Gasteiger charge is -2.04. The lowest BCUT2D eigenvalue weighted by Crippen LogP contribution is -2.11. The monoisotopic (exact) mass is 300 g/mol. The molecule has 0 fully saturated rings. The van der Waals surface area contributed by atoms with Gasteiger partial charge in [-0.05, 0) is 61.5 Å². The zero-order valence-corrected chi connectivity index (χ0v) is 12.1. The molecular formula is C16H13FN2OS. The van der Waals surface area contributed by atoms with Gasteiger partial charge in [0.1, 0.15) is 5.82 Å². The summed E-state index contributed by atoms with van der Waals surface area (Å²) in [6, 6.07) is 11.0. The summed E-state index contributed by atoms with van der Waals surface area (Å²) in [5.41, 5.74) is 7.07. The van der Waals surface area contributed by atoms with Crippen molar-refractivity contribution in [2.45, 2.75) is 4.90 Å². The first kappa shape index (κ1) is 15.1. The van der Waals surface area contributed by atoms with Crippen LogP contribution in [0, 0.1) is 17.7 Å². The smallest absolute Gasteiger partial charge is 0.248 e. The van der Waals surface area contributed by atoms with E-state index in [4.69, 9.17) is 5.73 Å². The molecule has 0 heterocycles. The van der Waals surface area contributed by atoms with Gasteiger partial charge in [-0.3, -0.25) is 9.52 Å². The maximum atomic E-state index is 12.8. The molecule has 0 atom stereocenters. The Labute approximate surface area is 126 Å². The van der Waals surface area contributed by atoms with Crippen molar-refractivity contribution in [3.05, 3.63) is 65.0 Å². The van der Waals surface area contributed by atoms with Gasteiger partial charge in [0.05, 0.1) is 0 Å². The van der Waals surface area contributed by atoms with E-state index >= 15 is 0 Å². The van der Waals surface area contributed by atoms with Crippen molar-refractivity contribution in [3.8, 4) is 11.8 Å². The van der Waals surface area contributed by atoms with Crippen molar-refractivity contribution in [3.63, 3.8) is 0 Å². The summed E-state index contributed by atoms with van der Waals surface area (Å²) in [4.78, 5) is 12.1. The summed E-state index contributed by atoms with van der Waals surface area (Å²) < 4.78 is 15.8. The Kier molecular flexibility index (Phi) is 4.99. The van der Waals surface area contributed by atoms with E-state index in [1.54, 1.807) is 37.4 Å². The standard InChI is InChI=1S/C16H13FN2OS/c1-19-21-15-9-6-13(16(18)20)10-12(15)5-2-11-3-7-14(17)8-4-11/h3-4,6-10,19H,1H3,(H2,18,20). The molecule has 0 aliphatic heterocycles. The van der Waals surface area contributed by atoms with Crippen LogP contribution in [0.3, 0.4) is 0 Å². The number of nitrogens with two attached hydrogens (primary N) is 1. The fourth-order valence-electron chi connectivity index (χ4n) is 1.65. The molecule has 0 bridgehead atoms. The lowest BCUT2D eigenvalue weighted by atomic mass is 10.1. The topological polar surface area (TPSA) is 55.1 Å². The Morgan fingerprint density at radius 1 is 1.19 bits per heavy atom. The number of rotatable bonds is 3. The molecule has 1 amide bonds. The minimum Gasteiger partial charge on any atom is -0.366 e. The summed E-state index contributed by atoms with van der Waals surface area (Å²) in [7, 11) is 1.80. The number of hydrogen-bond acceptors (Lipinski definition) is 3. The third-order valence-corrected chi connectivity index (χ3v) is 3.44. The van der Waals surface area contributed by atoms with Crippen LogP contribution in [0.15, 0.2) is 47.4 Å². The van der Waals surface area contributed by atoms with Gasteiger partial charge in [0.2, 0.25) is 5.91 Å². The minimum atomic E-state index is -0.499. The number of nitrogens with one attached hydrogen (secondary N) is 1. The molecule has 3 N–H and O–H groups in total. The zero-order valence-electron chi connectivity index (χ0n) is 11.3. The average Bonchev–Trinajstić information content (AvgIpc) is 2.48. The van der Waals surface area contributed by atoms with Crippen molar-refractivity contribution in [2.24, 2.45) is 5.73 Å². The normalized spacial score (nSPS) is 9.81. The number of halogens is 1. The molecule has 2 aromatic rings. The number of primary amides is 1. The van der Waals surface area contributed by atoms with Crippen LogP contribution in [0.5, 0.6) is 0 Å². The van der Waals surface area contributed by atoms with Gasteiger partial charge in [-0.25, -0.2) is 4.39 Å². The Hall–Kier alpha value is -2.29. The van der Waals surface area contributed by atoms with Gasteiger partial charge in [0.25, 0.3) is 0 Å². The predicted molar refractivity (Wildman–Crippen MR) is 82.3 cm³/mol. The van der Waals surface area contributed by atoms with E-state index in [2.05, 4.69) is 16.6 Å². The lowest BCUT2D eigenvalue weighted by molar-refractivity contribution is 0.1000. The second kappa shape index (κ2) is 6.93. The van der Waals surface area contributed by atoms with E-state index in [0.717, 1.165) is 4.90 Å². The van der Waals surface area contributed by atoms with Crippen LogP contribution in [0.1, 0.15) is 21.5 Å². The van der Waals surface area contributed by atoms with Crippen LogP contribution in [-0.2, 0) is 0 Å². The van der Waals surface area contributed by atoms with Gasteiger partial charge in [0, 0.05) is 21.6 Å². The number of carbonyl (C=O) groups excluding carboxylic acids is 1. The minimum absolute atomic E-state index is 0.303. The van der Waals surface area contributed by atoms with Gasteiger partial charge in [-0.1, -0.05) is 11.8 Å².